The van der Waals surface area contributed by atoms with Crippen LogP contribution in [0.2, 0.25) is 0 Å². The Morgan fingerprint density at radius 2 is 1.94 bits per heavy atom. The Morgan fingerprint density at radius 3 is 2.50 bits per heavy atom. The average Bonchev–Trinajstić information content (AvgIpc) is 2.35. The standard InChI is InChI=1S/C13H17NO4/c1-10(8-12(15)16)14(2)13(17)18-9-11-6-4-3-5-7-11/h3-7,10H,8-9H2,1-2H3,(H,15,16)/t10-/m1/s1. The number of aliphatic carboxylic acids is 1. The molecule has 0 aliphatic carbocycles. The van der Waals surface area contributed by atoms with Crippen molar-refractivity contribution in [1.29, 1.82) is 0 Å². The van der Waals surface area contributed by atoms with Gasteiger partial charge in [0.05, 0.1) is 6.42 Å². The predicted molar refractivity (Wildman–Crippen MR) is 66.1 cm³/mol. The molecule has 0 fully saturated rings. The molecule has 0 bridgehead atoms. The predicted octanol–water partition coefficient (Wildman–Crippen LogP) is 2.12. The molecule has 5 nitrogen and oxygen atoms in total. The minimum Gasteiger partial charge on any atom is -0.481 e. The molecule has 0 aliphatic rings. The first-order valence-corrected chi connectivity index (χ1v) is 5.66. The van der Waals surface area contributed by atoms with Gasteiger partial charge in [0, 0.05) is 13.1 Å². The third kappa shape index (κ3) is 4.45. The molecule has 1 aromatic rings. The zero-order valence-electron chi connectivity index (χ0n) is 10.5. The van der Waals surface area contributed by atoms with Gasteiger partial charge < -0.3 is 14.7 Å². The highest BCUT2D eigenvalue weighted by Crippen LogP contribution is 2.06. The number of rotatable bonds is 5. The molecule has 0 saturated heterocycles. The summed E-state index contributed by atoms with van der Waals surface area (Å²) in [5, 5.41) is 8.64. The van der Waals surface area contributed by atoms with E-state index in [9.17, 15) is 9.59 Å². The number of benzene rings is 1. The first-order chi connectivity index (χ1) is 8.50. The second kappa shape index (κ2) is 6.64. The molecule has 1 atom stereocenters. The summed E-state index contributed by atoms with van der Waals surface area (Å²) in [6.07, 6.45) is -0.621. The summed E-state index contributed by atoms with van der Waals surface area (Å²) in [5.74, 6) is -0.940. The van der Waals surface area contributed by atoms with Crippen molar-refractivity contribution in [3.63, 3.8) is 0 Å². The van der Waals surface area contributed by atoms with E-state index in [2.05, 4.69) is 0 Å². The number of hydrogen-bond donors (Lipinski definition) is 1. The second-order valence-electron chi connectivity index (χ2n) is 4.10. The Hall–Kier alpha value is -2.04. The van der Waals surface area contributed by atoms with E-state index in [-0.39, 0.29) is 13.0 Å². The van der Waals surface area contributed by atoms with Gasteiger partial charge in [0.2, 0.25) is 0 Å². The average molecular weight is 251 g/mol. The van der Waals surface area contributed by atoms with Gasteiger partial charge in [-0.25, -0.2) is 4.79 Å². The lowest BCUT2D eigenvalue weighted by molar-refractivity contribution is -0.138. The molecule has 0 radical (unpaired) electrons. The molecule has 0 spiro atoms. The van der Waals surface area contributed by atoms with E-state index in [0.717, 1.165) is 5.56 Å². The number of carbonyl (C=O) groups excluding carboxylic acids is 1. The molecule has 0 unspecified atom stereocenters. The first-order valence-electron chi connectivity index (χ1n) is 5.66. The summed E-state index contributed by atoms with van der Waals surface area (Å²) in [4.78, 5) is 23.5. The van der Waals surface area contributed by atoms with Crippen molar-refractivity contribution in [2.45, 2.75) is 26.0 Å². The van der Waals surface area contributed by atoms with Crippen LogP contribution in [0.4, 0.5) is 4.79 Å². The van der Waals surface area contributed by atoms with Gasteiger partial charge in [-0.2, -0.15) is 0 Å². The largest absolute Gasteiger partial charge is 0.481 e. The fraction of sp³-hybridized carbons (Fsp3) is 0.385. The van der Waals surface area contributed by atoms with Crippen molar-refractivity contribution >= 4 is 12.1 Å². The Morgan fingerprint density at radius 1 is 1.33 bits per heavy atom. The number of carbonyl (C=O) groups is 2. The molecule has 0 saturated carbocycles. The fourth-order valence-corrected chi connectivity index (χ4v) is 1.39. The smallest absolute Gasteiger partial charge is 0.410 e. The van der Waals surface area contributed by atoms with Crippen LogP contribution in [0.1, 0.15) is 18.9 Å². The molecule has 0 aromatic heterocycles. The fourth-order valence-electron chi connectivity index (χ4n) is 1.39. The van der Waals surface area contributed by atoms with E-state index in [1.165, 1.54) is 11.9 Å². The molecular weight excluding hydrogens is 234 g/mol. The zero-order chi connectivity index (χ0) is 13.5. The van der Waals surface area contributed by atoms with Crippen LogP contribution in [0.3, 0.4) is 0 Å². The molecule has 1 N–H and O–H groups in total. The maximum atomic E-state index is 11.7. The lowest BCUT2D eigenvalue weighted by Crippen LogP contribution is -2.36. The van der Waals surface area contributed by atoms with Gasteiger partial charge in [0.15, 0.2) is 0 Å². The molecule has 0 heterocycles. The maximum absolute atomic E-state index is 11.7. The molecule has 98 valence electrons. The van der Waals surface area contributed by atoms with Crippen molar-refractivity contribution in [2.75, 3.05) is 7.05 Å². The maximum Gasteiger partial charge on any atom is 0.410 e. The van der Waals surface area contributed by atoms with Crippen LogP contribution in [0.15, 0.2) is 30.3 Å². The molecule has 0 aliphatic heterocycles. The zero-order valence-corrected chi connectivity index (χ0v) is 10.5. The number of carboxylic acids is 1. The van der Waals surface area contributed by atoms with E-state index >= 15 is 0 Å². The van der Waals surface area contributed by atoms with Gasteiger partial charge in [0.25, 0.3) is 0 Å². The Kier molecular flexibility index (Phi) is 5.17. The number of carboxylic acid groups (broad SMARTS) is 1. The normalized spacial score (nSPS) is 11.7. The first kappa shape index (κ1) is 14.0. The second-order valence-corrected chi connectivity index (χ2v) is 4.10. The lowest BCUT2D eigenvalue weighted by Gasteiger charge is -2.22. The third-order valence-corrected chi connectivity index (χ3v) is 2.62. The number of hydrogen-bond acceptors (Lipinski definition) is 3. The van der Waals surface area contributed by atoms with Crippen LogP contribution < -0.4 is 0 Å². The van der Waals surface area contributed by atoms with Crippen LogP contribution in [-0.2, 0) is 16.1 Å². The van der Waals surface area contributed by atoms with Gasteiger partial charge in [-0.05, 0) is 12.5 Å². The molecule has 1 aromatic carbocycles. The van der Waals surface area contributed by atoms with Gasteiger partial charge >= 0.3 is 12.1 Å². The van der Waals surface area contributed by atoms with Crippen molar-refractivity contribution in [3.05, 3.63) is 35.9 Å². The van der Waals surface area contributed by atoms with Crippen LogP contribution in [0.5, 0.6) is 0 Å². The summed E-state index contributed by atoms with van der Waals surface area (Å²) < 4.78 is 5.09. The van der Waals surface area contributed by atoms with E-state index in [1.54, 1.807) is 6.92 Å². The number of amides is 1. The molecular formula is C13H17NO4. The summed E-state index contributed by atoms with van der Waals surface area (Å²) in [7, 11) is 1.53. The van der Waals surface area contributed by atoms with Gasteiger partial charge in [-0.15, -0.1) is 0 Å². The summed E-state index contributed by atoms with van der Waals surface area (Å²) in [6, 6.07) is 8.92. The Balaban J connectivity index is 2.43. The van der Waals surface area contributed by atoms with E-state index in [0.29, 0.717) is 0 Å². The van der Waals surface area contributed by atoms with Crippen LogP contribution in [0.25, 0.3) is 0 Å². The lowest BCUT2D eigenvalue weighted by atomic mass is 10.2. The van der Waals surface area contributed by atoms with E-state index in [4.69, 9.17) is 9.84 Å². The molecule has 18 heavy (non-hydrogen) atoms. The molecule has 5 heteroatoms. The third-order valence-electron chi connectivity index (χ3n) is 2.62. The molecule has 1 amide bonds. The monoisotopic (exact) mass is 251 g/mol. The van der Waals surface area contributed by atoms with Crippen molar-refractivity contribution in [3.8, 4) is 0 Å². The van der Waals surface area contributed by atoms with Crippen molar-refractivity contribution in [1.82, 2.24) is 4.90 Å². The highest BCUT2D eigenvalue weighted by molar-refractivity contribution is 5.71. The topological polar surface area (TPSA) is 66.8 Å². The Bertz CT molecular complexity index is 405. The van der Waals surface area contributed by atoms with Crippen LogP contribution in [0, 0.1) is 0 Å². The molecule has 1 rings (SSSR count). The number of nitrogens with zero attached hydrogens (tertiary/aromatic N) is 1. The summed E-state index contributed by atoms with van der Waals surface area (Å²) in [6.45, 7) is 1.85. The highest BCUT2D eigenvalue weighted by Gasteiger charge is 2.19. The summed E-state index contributed by atoms with van der Waals surface area (Å²) in [5.41, 5.74) is 0.894. The quantitative estimate of drug-likeness (QED) is 0.870. The van der Waals surface area contributed by atoms with E-state index < -0.39 is 18.1 Å². The van der Waals surface area contributed by atoms with Gasteiger partial charge in [-0.3, -0.25) is 4.79 Å². The highest BCUT2D eigenvalue weighted by atomic mass is 16.6. The van der Waals surface area contributed by atoms with Crippen LogP contribution >= 0.6 is 0 Å². The minimum absolute atomic E-state index is 0.100. The Labute approximate surface area is 106 Å². The number of ether oxygens (including phenoxy) is 1. The van der Waals surface area contributed by atoms with Crippen molar-refractivity contribution < 1.29 is 19.4 Å². The van der Waals surface area contributed by atoms with Crippen LogP contribution in [-0.4, -0.2) is 35.2 Å². The summed E-state index contributed by atoms with van der Waals surface area (Å²) >= 11 is 0. The van der Waals surface area contributed by atoms with Gasteiger partial charge in [-0.1, -0.05) is 30.3 Å². The SMILES string of the molecule is C[C@H](CC(=O)O)N(C)C(=O)OCc1ccccc1. The van der Waals surface area contributed by atoms with E-state index in [1.807, 2.05) is 30.3 Å². The van der Waals surface area contributed by atoms with Gasteiger partial charge in [0.1, 0.15) is 6.61 Å². The minimum atomic E-state index is -0.940. The van der Waals surface area contributed by atoms with Crippen molar-refractivity contribution in [2.24, 2.45) is 0 Å².